The van der Waals surface area contributed by atoms with E-state index in [0.29, 0.717) is 17.9 Å². The number of aromatic hydroxyl groups is 1. The van der Waals surface area contributed by atoms with Gasteiger partial charge in [-0.25, -0.2) is 0 Å². The highest BCUT2D eigenvalue weighted by atomic mass is 16.5. The van der Waals surface area contributed by atoms with Crippen LogP contribution in [-0.2, 0) is 17.6 Å². The Morgan fingerprint density at radius 3 is 3.12 bits per heavy atom. The summed E-state index contributed by atoms with van der Waals surface area (Å²) in [4.78, 5) is 2.35. The van der Waals surface area contributed by atoms with E-state index in [9.17, 15) is 5.11 Å². The summed E-state index contributed by atoms with van der Waals surface area (Å²) in [5.41, 5.74) is 2.36. The maximum Gasteiger partial charge on any atom is 0.119 e. The molecular weight excluding hydrogens is 202 g/mol. The number of likely N-dealkylation sites (N-methyl/N-ethyl adjacent to an activating group) is 1. The standard InChI is InChI=1S/C13H17NO2/c1-14-5-6-16-13-7-9-3-2-4-12(15)10(9)8-11(13)14/h2-4,11,13,15H,5-8H2,1H3/t11-,13-/m0/s1. The third kappa shape index (κ3) is 1.51. The highest BCUT2D eigenvalue weighted by Crippen LogP contribution is 2.33. The fourth-order valence-electron chi connectivity index (χ4n) is 2.86. The minimum atomic E-state index is 0.299. The van der Waals surface area contributed by atoms with Gasteiger partial charge in [-0.1, -0.05) is 12.1 Å². The van der Waals surface area contributed by atoms with Crippen molar-refractivity contribution in [2.45, 2.75) is 25.0 Å². The van der Waals surface area contributed by atoms with Gasteiger partial charge in [0.05, 0.1) is 12.7 Å². The van der Waals surface area contributed by atoms with E-state index in [2.05, 4.69) is 18.0 Å². The second-order valence-electron chi connectivity index (χ2n) is 4.78. The summed E-state index contributed by atoms with van der Waals surface area (Å²) in [6, 6.07) is 6.22. The van der Waals surface area contributed by atoms with Gasteiger partial charge in [0.25, 0.3) is 0 Å². The molecule has 1 aliphatic heterocycles. The number of phenols is 1. The van der Waals surface area contributed by atoms with Gasteiger partial charge in [-0.05, 0) is 30.7 Å². The zero-order valence-electron chi connectivity index (χ0n) is 9.52. The zero-order valence-corrected chi connectivity index (χ0v) is 9.52. The summed E-state index contributed by atoms with van der Waals surface area (Å²) in [5, 5.41) is 9.87. The Hall–Kier alpha value is -1.06. The van der Waals surface area contributed by atoms with Crippen molar-refractivity contribution in [2.24, 2.45) is 0 Å². The highest BCUT2D eigenvalue weighted by Gasteiger charge is 2.35. The third-order valence-corrected chi connectivity index (χ3v) is 3.85. The first-order valence-corrected chi connectivity index (χ1v) is 5.87. The number of benzene rings is 1. The van der Waals surface area contributed by atoms with Gasteiger partial charge in [-0.3, -0.25) is 4.90 Å². The monoisotopic (exact) mass is 219 g/mol. The zero-order chi connectivity index (χ0) is 11.1. The second kappa shape index (κ2) is 3.75. The minimum absolute atomic E-state index is 0.299. The predicted molar refractivity (Wildman–Crippen MR) is 61.7 cm³/mol. The fourth-order valence-corrected chi connectivity index (χ4v) is 2.86. The summed E-state index contributed by atoms with van der Waals surface area (Å²) in [6.07, 6.45) is 2.13. The topological polar surface area (TPSA) is 32.7 Å². The summed E-state index contributed by atoms with van der Waals surface area (Å²) in [6.45, 7) is 1.82. The molecule has 3 nitrogen and oxygen atoms in total. The number of ether oxygens (including phenoxy) is 1. The minimum Gasteiger partial charge on any atom is -0.508 e. The Morgan fingerprint density at radius 2 is 2.25 bits per heavy atom. The van der Waals surface area contributed by atoms with Crippen molar-refractivity contribution in [1.29, 1.82) is 0 Å². The van der Waals surface area contributed by atoms with Crippen LogP contribution in [0.5, 0.6) is 5.75 Å². The number of morpholine rings is 1. The van der Waals surface area contributed by atoms with E-state index in [1.54, 1.807) is 6.07 Å². The van der Waals surface area contributed by atoms with E-state index in [0.717, 1.165) is 31.6 Å². The number of rotatable bonds is 0. The van der Waals surface area contributed by atoms with Crippen molar-refractivity contribution < 1.29 is 9.84 Å². The molecule has 16 heavy (non-hydrogen) atoms. The molecule has 0 bridgehead atoms. The maximum absolute atomic E-state index is 9.87. The van der Waals surface area contributed by atoms with Crippen LogP contribution in [0.3, 0.4) is 0 Å². The molecule has 1 saturated heterocycles. The van der Waals surface area contributed by atoms with Crippen LogP contribution < -0.4 is 0 Å². The molecule has 0 spiro atoms. The fraction of sp³-hybridized carbons (Fsp3) is 0.538. The van der Waals surface area contributed by atoms with Gasteiger partial charge < -0.3 is 9.84 Å². The van der Waals surface area contributed by atoms with Gasteiger partial charge in [0, 0.05) is 19.0 Å². The number of nitrogens with zero attached hydrogens (tertiary/aromatic N) is 1. The molecule has 0 saturated carbocycles. The predicted octanol–water partition coefficient (Wildman–Crippen LogP) is 1.19. The van der Waals surface area contributed by atoms with Crippen LogP contribution in [-0.4, -0.2) is 42.4 Å². The third-order valence-electron chi connectivity index (χ3n) is 3.85. The van der Waals surface area contributed by atoms with Crippen molar-refractivity contribution in [3.8, 4) is 5.75 Å². The van der Waals surface area contributed by atoms with E-state index < -0.39 is 0 Å². The Balaban J connectivity index is 1.96. The molecule has 1 N–H and O–H groups in total. The molecule has 2 atom stereocenters. The van der Waals surface area contributed by atoms with Crippen LogP contribution in [0, 0.1) is 0 Å². The quantitative estimate of drug-likeness (QED) is 0.711. The van der Waals surface area contributed by atoms with Gasteiger partial charge in [0.15, 0.2) is 0 Å². The molecular formula is C13H17NO2. The molecule has 0 amide bonds. The lowest BCUT2D eigenvalue weighted by atomic mass is 9.84. The maximum atomic E-state index is 9.87. The van der Waals surface area contributed by atoms with E-state index >= 15 is 0 Å². The first-order chi connectivity index (χ1) is 7.75. The summed E-state index contributed by atoms with van der Waals surface area (Å²) < 4.78 is 5.83. The largest absolute Gasteiger partial charge is 0.508 e. The van der Waals surface area contributed by atoms with Gasteiger partial charge >= 0.3 is 0 Å². The number of fused-ring (bicyclic) bond motifs is 2. The Kier molecular flexibility index (Phi) is 2.37. The molecule has 1 fully saturated rings. The SMILES string of the molecule is CN1CCO[C@H]2Cc3cccc(O)c3C[C@@H]21. The molecule has 1 aromatic rings. The van der Waals surface area contributed by atoms with Gasteiger partial charge in [-0.15, -0.1) is 0 Å². The Bertz CT molecular complexity index is 405. The molecule has 3 rings (SSSR count). The molecule has 1 heterocycles. The van der Waals surface area contributed by atoms with Crippen LogP contribution in [0.25, 0.3) is 0 Å². The molecule has 2 aliphatic rings. The highest BCUT2D eigenvalue weighted by molar-refractivity contribution is 5.42. The average Bonchev–Trinajstić information content (AvgIpc) is 2.28. The Labute approximate surface area is 95.6 Å². The van der Waals surface area contributed by atoms with Crippen molar-refractivity contribution in [1.82, 2.24) is 4.90 Å². The van der Waals surface area contributed by atoms with Crippen LogP contribution in [0.1, 0.15) is 11.1 Å². The van der Waals surface area contributed by atoms with E-state index in [1.807, 2.05) is 6.07 Å². The van der Waals surface area contributed by atoms with Crippen molar-refractivity contribution >= 4 is 0 Å². The second-order valence-corrected chi connectivity index (χ2v) is 4.78. The van der Waals surface area contributed by atoms with Crippen molar-refractivity contribution in [3.05, 3.63) is 29.3 Å². The van der Waals surface area contributed by atoms with Crippen molar-refractivity contribution in [2.75, 3.05) is 20.2 Å². The summed E-state index contributed by atoms with van der Waals surface area (Å²) in [7, 11) is 2.14. The number of phenolic OH excluding ortho intramolecular Hbond substituents is 1. The van der Waals surface area contributed by atoms with Gasteiger partial charge in [-0.2, -0.15) is 0 Å². The first kappa shape index (κ1) is 10.1. The number of hydrogen-bond acceptors (Lipinski definition) is 3. The summed E-state index contributed by atoms with van der Waals surface area (Å²) >= 11 is 0. The van der Waals surface area contributed by atoms with Crippen LogP contribution in [0.2, 0.25) is 0 Å². The normalized spacial score (nSPS) is 29.6. The molecule has 86 valence electrons. The molecule has 0 aromatic heterocycles. The molecule has 1 aromatic carbocycles. The van der Waals surface area contributed by atoms with E-state index in [1.165, 1.54) is 5.56 Å². The molecule has 1 aliphatic carbocycles. The first-order valence-electron chi connectivity index (χ1n) is 5.87. The van der Waals surface area contributed by atoms with Gasteiger partial charge in [0.1, 0.15) is 5.75 Å². The van der Waals surface area contributed by atoms with Crippen LogP contribution in [0.4, 0.5) is 0 Å². The molecule has 0 radical (unpaired) electrons. The van der Waals surface area contributed by atoms with Gasteiger partial charge in [0.2, 0.25) is 0 Å². The molecule has 3 heteroatoms. The molecule has 0 unspecified atom stereocenters. The lowest BCUT2D eigenvalue weighted by molar-refractivity contribution is -0.0645. The van der Waals surface area contributed by atoms with Crippen molar-refractivity contribution in [3.63, 3.8) is 0 Å². The Morgan fingerprint density at radius 1 is 1.38 bits per heavy atom. The lowest BCUT2D eigenvalue weighted by Gasteiger charge is -2.42. The van der Waals surface area contributed by atoms with Crippen LogP contribution >= 0.6 is 0 Å². The number of hydrogen-bond donors (Lipinski definition) is 1. The van der Waals surface area contributed by atoms with Crippen LogP contribution in [0.15, 0.2) is 18.2 Å². The summed E-state index contributed by atoms with van der Waals surface area (Å²) in [5.74, 6) is 0.440. The van der Waals surface area contributed by atoms with E-state index in [-0.39, 0.29) is 0 Å². The van der Waals surface area contributed by atoms with E-state index in [4.69, 9.17) is 4.74 Å². The lowest BCUT2D eigenvalue weighted by Crippen LogP contribution is -2.53. The smallest absolute Gasteiger partial charge is 0.119 e. The average molecular weight is 219 g/mol.